The zero-order chi connectivity index (χ0) is 15.9. The molecule has 0 saturated heterocycles. The highest BCUT2D eigenvalue weighted by molar-refractivity contribution is 5.49. The van der Waals surface area contributed by atoms with Crippen LogP contribution in [-0.4, -0.2) is 34.7 Å². The molecule has 0 saturated carbocycles. The van der Waals surface area contributed by atoms with Gasteiger partial charge in [0.15, 0.2) is 11.5 Å². The quantitative estimate of drug-likeness (QED) is 0.783. The van der Waals surface area contributed by atoms with E-state index in [1.54, 1.807) is 18.0 Å². The highest BCUT2D eigenvalue weighted by Gasteiger charge is 2.12. The number of benzene rings is 1. The molecule has 6 nitrogen and oxygen atoms in total. The second kappa shape index (κ2) is 7.70. The predicted molar refractivity (Wildman–Crippen MR) is 85.4 cm³/mol. The van der Waals surface area contributed by atoms with E-state index in [0.29, 0.717) is 13.1 Å². The number of nitrogens with zero attached hydrogens (tertiary/aromatic N) is 2. The van der Waals surface area contributed by atoms with Gasteiger partial charge in [-0.25, -0.2) is 0 Å². The van der Waals surface area contributed by atoms with E-state index >= 15 is 0 Å². The number of hydrogen-bond acceptors (Lipinski definition) is 5. The van der Waals surface area contributed by atoms with Crippen LogP contribution in [0.25, 0.3) is 0 Å². The van der Waals surface area contributed by atoms with Gasteiger partial charge in [-0.1, -0.05) is 12.1 Å². The van der Waals surface area contributed by atoms with Crippen LogP contribution in [0.15, 0.2) is 30.6 Å². The average molecular weight is 305 g/mol. The third kappa shape index (κ3) is 4.14. The molecule has 6 heteroatoms. The van der Waals surface area contributed by atoms with Crippen LogP contribution in [0.5, 0.6) is 11.5 Å². The third-order valence-corrected chi connectivity index (χ3v) is 3.08. The van der Waals surface area contributed by atoms with E-state index in [1.807, 2.05) is 38.2 Å². The first kappa shape index (κ1) is 16.2. The topological polar surface area (TPSA) is 68.5 Å². The van der Waals surface area contributed by atoms with Crippen molar-refractivity contribution in [3.8, 4) is 11.5 Å². The van der Waals surface area contributed by atoms with Crippen LogP contribution in [0.3, 0.4) is 0 Å². The first-order chi connectivity index (χ1) is 10.6. The molecule has 0 bridgehead atoms. The van der Waals surface area contributed by atoms with E-state index in [9.17, 15) is 0 Å². The number of aliphatic hydroxyl groups is 1. The SMILES string of the molecule is COc1cccc(CNc2cnn(CCO)c2)c1OC(C)C. The van der Waals surface area contributed by atoms with Gasteiger partial charge in [0.1, 0.15) is 0 Å². The summed E-state index contributed by atoms with van der Waals surface area (Å²) in [6.07, 6.45) is 3.67. The van der Waals surface area contributed by atoms with E-state index in [2.05, 4.69) is 10.4 Å². The Kier molecular flexibility index (Phi) is 5.66. The molecule has 0 unspecified atom stereocenters. The Bertz CT molecular complexity index is 596. The molecule has 0 radical (unpaired) electrons. The van der Waals surface area contributed by atoms with Crippen LogP contribution in [-0.2, 0) is 13.1 Å². The summed E-state index contributed by atoms with van der Waals surface area (Å²) in [6, 6.07) is 5.84. The van der Waals surface area contributed by atoms with Gasteiger partial charge in [-0.3, -0.25) is 4.68 Å². The van der Waals surface area contributed by atoms with Crippen molar-refractivity contribution in [3.05, 3.63) is 36.2 Å². The standard InChI is InChI=1S/C16H23N3O3/c1-12(2)22-16-13(5-4-6-15(16)21-3)9-17-14-10-18-19(11-14)7-8-20/h4-6,10-12,17,20H,7-9H2,1-3H3. The minimum Gasteiger partial charge on any atom is -0.493 e. The summed E-state index contributed by atoms with van der Waals surface area (Å²) >= 11 is 0. The maximum absolute atomic E-state index is 8.90. The maximum atomic E-state index is 8.90. The lowest BCUT2D eigenvalue weighted by Gasteiger charge is -2.17. The zero-order valence-corrected chi connectivity index (χ0v) is 13.2. The first-order valence-corrected chi connectivity index (χ1v) is 7.33. The van der Waals surface area contributed by atoms with E-state index in [4.69, 9.17) is 14.6 Å². The fourth-order valence-electron chi connectivity index (χ4n) is 2.11. The van der Waals surface area contributed by atoms with Crippen molar-refractivity contribution in [2.75, 3.05) is 19.0 Å². The Morgan fingerprint density at radius 2 is 2.18 bits per heavy atom. The van der Waals surface area contributed by atoms with Gasteiger partial charge < -0.3 is 19.9 Å². The monoisotopic (exact) mass is 305 g/mol. The van der Waals surface area contributed by atoms with Gasteiger partial charge in [0.25, 0.3) is 0 Å². The minimum absolute atomic E-state index is 0.0716. The van der Waals surface area contributed by atoms with Crippen molar-refractivity contribution in [3.63, 3.8) is 0 Å². The average Bonchev–Trinajstić information content (AvgIpc) is 2.93. The third-order valence-electron chi connectivity index (χ3n) is 3.08. The normalized spacial score (nSPS) is 10.8. The molecule has 0 aliphatic heterocycles. The summed E-state index contributed by atoms with van der Waals surface area (Å²) in [7, 11) is 1.64. The number of rotatable bonds is 8. The lowest BCUT2D eigenvalue weighted by molar-refractivity contribution is 0.228. The van der Waals surface area contributed by atoms with Gasteiger partial charge in [0.05, 0.1) is 38.2 Å². The molecule has 1 heterocycles. The zero-order valence-electron chi connectivity index (χ0n) is 13.2. The summed E-state index contributed by atoms with van der Waals surface area (Å²) in [4.78, 5) is 0. The first-order valence-electron chi connectivity index (χ1n) is 7.33. The highest BCUT2D eigenvalue weighted by atomic mass is 16.5. The van der Waals surface area contributed by atoms with Crippen LogP contribution in [0, 0.1) is 0 Å². The molecule has 0 atom stereocenters. The van der Waals surface area contributed by atoms with Crippen LogP contribution >= 0.6 is 0 Å². The van der Waals surface area contributed by atoms with Gasteiger partial charge in [0.2, 0.25) is 0 Å². The molecule has 1 aromatic carbocycles. The summed E-state index contributed by atoms with van der Waals surface area (Å²) in [5.41, 5.74) is 1.91. The number of para-hydroxylation sites is 1. The maximum Gasteiger partial charge on any atom is 0.166 e. The number of anilines is 1. The number of nitrogens with one attached hydrogen (secondary N) is 1. The van der Waals surface area contributed by atoms with Crippen molar-refractivity contribution in [2.45, 2.75) is 33.0 Å². The van der Waals surface area contributed by atoms with Crippen LogP contribution in [0.1, 0.15) is 19.4 Å². The molecular formula is C16H23N3O3. The molecule has 0 aliphatic rings. The molecule has 22 heavy (non-hydrogen) atoms. The molecule has 0 spiro atoms. The molecule has 1 aromatic heterocycles. The molecule has 0 aliphatic carbocycles. The molecular weight excluding hydrogens is 282 g/mol. The molecule has 0 amide bonds. The largest absolute Gasteiger partial charge is 0.493 e. The van der Waals surface area contributed by atoms with Gasteiger partial charge in [0, 0.05) is 18.3 Å². The van der Waals surface area contributed by atoms with E-state index in [0.717, 1.165) is 22.7 Å². The molecule has 0 fully saturated rings. The second-order valence-corrected chi connectivity index (χ2v) is 5.18. The van der Waals surface area contributed by atoms with Crippen molar-refractivity contribution in [2.24, 2.45) is 0 Å². The smallest absolute Gasteiger partial charge is 0.166 e. The molecule has 2 aromatic rings. The number of aromatic nitrogens is 2. The predicted octanol–water partition coefficient (Wildman–Crippen LogP) is 2.28. The Labute approximate surface area is 130 Å². The second-order valence-electron chi connectivity index (χ2n) is 5.18. The fourth-order valence-corrected chi connectivity index (χ4v) is 2.11. The summed E-state index contributed by atoms with van der Waals surface area (Å²) in [6.45, 7) is 5.14. The van der Waals surface area contributed by atoms with E-state index < -0.39 is 0 Å². The van der Waals surface area contributed by atoms with Gasteiger partial charge >= 0.3 is 0 Å². The lowest BCUT2D eigenvalue weighted by Crippen LogP contribution is -2.10. The summed E-state index contributed by atoms with van der Waals surface area (Å²) < 4.78 is 13.0. The fraction of sp³-hybridized carbons (Fsp3) is 0.438. The minimum atomic E-state index is 0.0716. The van der Waals surface area contributed by atoms with Crippen molar-refractivity contribution in [1.82, 2.24) is 9.78 Å². The molecule has 2 rings (SSSR count). The van der Waals surface area contributed by atoms with Gasteiger partial charge in [-0.05, 0) is 19.9 Å². The Balaban J connectivity index is 2.10. The number of aliphatic hydroxyl groups excluding tert-OH is 1. The van der Waals surface area contributed by atoms with Crippen molar-refractivity contribution in [1.29, 1.82) is 0 Å². The van der Waals surface area contributed by atoms with Crippen LogP contribution < -0.4 is 14.8 Å². The number of ether oxygens (including phenoxy) is 2. The summed E-state index contributed by atoms with van der Waals surface area (Å²) in [5, 5.41) is 16.4. The van der Waals surface area contributed by atoms with Crippen molar-refractivity contribution < 1.29 is 14.6 Å². The van der Waals surface area contributed by atoms with Gasteiger partial charge in [-0.15, -0.1) is 0 Å². The van der Waals surface area contributed by atoms with Crippen LogP contribution in [0.4, 0.5) is 5.69 Å². The molecule has 2 N–H and O–H groups in total. The lowest BCUT2D eigenvalue weighted by atomic mass is 10.1. The van der Waals surface area contributed by atoms with Crippen LogP contribution in [0.2, 0.25) is 0 Å². The highest BCUT2D eigenvalue weighted by Crippen LogP contribution is 2.32. The van der Waals surface area contributed by atoms with Crippen molar-refractivity contribution >= 4 is 5.69 Å². The van der Waals surface area contributed by atoms with Gasteiger partial charge in [-0.2, -0.15) is 5.10 Å². The Morgan fingerprint density at radius 1 is 1.36 bits per heavy atom. The molecule has 120 valence electrons. The van der Waals surface area contributed by atoms with E-state index in [1.165, 1.54) is 0 Å². The number of hydrogen-bond donors (Lipinski definition) is 2. The Morgan fingerprint density at radius 3 is 2.86 bits per heavy atom. The summed E-state index contributed by atoms with van der Waals surface area (Å²) in [5.74, 6) is 1.49. The Hall–Kier alpha value is -2.21. The van der Waals surface area contributed by atoms with E-state index in [-0.39, 0.29) is 12.7 Å². The number of methoxy groups -OCH3 is 1.